The fourth-order valence-electron chi connectivity index (χ4n) is 1.58. The van der Waals surface area contributed by atoms with Crippen LogP contribution in [0.25, 0.3) is 0 Å². The average Bonchev–Trinajstić information content (AvgIpc) is 2.62. The monoisotopic (exact) mass is 215 g/mol. The van der Waals surface area contributed by atoms with Gasteiger partial charge in [-0.3, -0.25) is 4.79 Å². The molecule has 1 amide bonds. The highest BCUT2D eigenvalue weighted by molar-refractivity contribution is 5.85. The molecule has 0 aromatic rings. The van der Waals surface area contributed by atoms with E-state index in [1.165, 1.54) is 0 Å². The van der Waals surface area contributed by atoms with Gasteiger partial charge in [0.1, 0.15) is 5.60 Å². The number of amides is 1. The fourth-order valence-corrected chi connectivity index (χ4v) is 1.58. The molecule has 4 heteroatoms. The Morgan fingerprint density at radius 1 is 1.60 bits per heavy atom. The van der Waals surface area contributed by atoms with Crippen molar-refractivity contribution in [3.8, 4) is 0 Å². The number of nitrogens with one attached hydrogen (secondary N) is 1. The van der Waals surface area contributed by atoms with Crippen molar-refractivity contribution in [1.82, 2.24) is 5.32 Å². The van der Waals surface area contributed by atoms with Crippen molar-refractivity contribution < 1.29 is 14.6 Å². The van der Waals surface area contributed by atoms with E-state index in [9.17, 15) is 9.90 Å². The van der Waals surface area contributed by atoms with Crippen LogP contribution in [0.5, 0.6) is 0 Å². The van der Waals surface area contributed by atoms with Gasteiger partial charge < -0.3 is 15.2 Å². The number of carbonyl (C=O) groups is 1. The van der Waals surface area contributed by atoms with Crippen molar-refractivity contribution in [2.45, 2.75) is 45.3 Å². The first kappa shape index (κ1) is 12.5. The summed E-state index contributed by atoms with van der Waals surface area (Å²) in [5.74, 6) is 0.0438. The first-order chi connectivity index (χ1) is 6.96. The molecule has 2 N–H and O–H groups in total. The van der Waals surface area contributed by atoms with Crippen molar-refractivity contribution in [1.29, 1.82) is 0 Å². The number of aliphatic hydroxyl groups excluding tert-OH is 1. The first-order valence-electron chi connectivity index (χ1n) is 5.56. The van der Waals surface area contributed by atoms with E-state index in [0.717, 1.165) is 12.8 Å². The van der Waals surface area contributed by atoms with Crippen LogP contribution in [-0.2, 0) is 9.53 Å². The highest BCUT2D eigenvalue weighted by Gasteiger charge is 2.37. The molecule has 1 fully saturated rings. The number of aliphatic hydroxyl groups is 1. The molecular weight excluding hydrogens is 194 g/mol. The first-order valence-corrected chi connectivity index (χ1v) is 5.56. The lowest BCUT2D eigenvalue weighted by atomic mass is 10.0. The maximum Gasteiger partial charge on any atom is 0.252 e. The van der Waals surface area contributed by atoms with E-state index in [1.54, 1.807) is 6.92 Å². The Labute approximate surface area is 91.0 Å². The SMILES string of the molecule is CC(C)C(O)CNC(=O)C1(C)CCCO1. The Balaban J connectivity index is 2.35. The summed E-state index contributed by atoms with van der Waals surface area (Å²) < 4.78 is 5.40. The van der Waals surface area contributed by atoms with Gasteiger partial charge in [0.2, 0.25) is 0 Å². The van der Waals surface area contributed by atoms with Gasteiger partial charge in [-0.25, -0.2) is 0 Å². The Morgan fingerprint density at radius 3 is 2.73 bits per heavy atom. The molecule has 0 spiro atoms. The summed E-state index contributed by atoms with van der Waals surface area (Å²) in [6, 6.07) is 0. The highest BCUT2D eigenvalue weighted by Crippen LogP contribution is 2.24. The molecule has 1 aliphatic heterocycles. The van der Waals surface area contributed by atoms with Crippen molar-refractivity contribution in [2.24, 2.45) is 5.92 Å². The van der Waals surface area contributed by atoms with Gasteiger partial charge in [-0.05, 0) is 25.7 Å². The van der Waals surface area contributed by atoms with E-state index < -0.39 is 11.7 Å². The third kappa shape index (κ3) is 3.18. The lowest BCUT2D eigenvalue weighted by molar-refractivity contribution is -0.140. The van der Waals surface area contributed by atoms with Gasteiger partial charge in [0.15, 0.2) is 0 Å². The van der Waals surface area contributed by atoms with Crippen LogP contribution in [0.2, 0.25) is 0 Å². The molecule has 2 atom stereocenters. The van der Waals surface area contributed by atoms with Gasteiger partial charge >= 0.3 is 0 Å². The van der Waals surface area contributed by atoms with E-state index >= 15 is 0 Å². The van der Waals surface area contributed by atoms with Gasteiger partial charge in [-0.15, -0.1) is 0 Å². The summed E-state index contributed by atoms with van der Waals surface area (Å²) in [5.41, 5.74) is -0.684. The molecule has 1 heterocycles. The van der Waals surface area contributed by atoms with Gasteiger partial charge in [0.05, 0.1) is 6.10 Å². The lowest BCUT2D eigenvalue weighted by Gasteiger charge is -2.23. The van der Waals surface area contributed by atoms with Gasteiger partial charge in [0, 0.05) is 13.2 Å². The Morgan fingerprint density at radius 2 is 2.27 bits per heavy atom. The molecule has 1 rings (SSSR count). The molecular formula is C11H21NO3. The zero-order valence-electron chi connectivity index (χ0n) is 9.75. The zero-order chi connectivity index (χ0) is 11.5. The number of carbonyl (C=O) groups excluding carboxylic acids is 1. The normalized spacial score (nSPS) is 28.1. The molecule has 1 saturated heterocycles. The standard InChI is InChI=1S/C11H21NO3/c1-8(2)9(13)7-12-10(14)11(3)5-4-6-15-11/h8-9,13H,4-7H2,1-3H3,(H,12,14). The minimum atomic E-state index is -0.684. The Kier molecular flexibility index (Phi) is 4.11. The molecule has 0 aromatic carbocycles. The van der Waals surface area contributed by atoms with Crippen LogP contribution in [0.4, 0.5) is 0 Å². The van der Waals surface area contributed by atoms with E-state index in [0.29, 0.717) is 13.2 Å². The second-order valence-corrected chi connectivity index (χ2v) is 4.70. The van der Waals surface area contributed by atoms with Crippen LogP contribution >= 0.6 is 0 Å². The topological polar surface area (TPSA) is 58.6 Å². The summed E-state index contributed by atoms with van der Waals surface area (Å²) >= 11 is 0. The predicted octanol–water partition coefficient (Wildman–Crippen LogP) is 0.689. The second kappa shape index (κ2) is 4.94. The summed E-state index contributed by atoms with van der Waals surface area (Å²) in [6.45, 7) is 6.60. The third-order valence-electron chi connectivity index (χ3n) is 2.94. The van der Waals surface area contributed by atoms with E-state index in [-0.39, 0.29) is 11.8 Å². The maximum atomic E-state index is 11.7. The predicted molar refractivity (Wildman–Crippen MR) is 57.4 cm³/mol. The molecule has 4 nitrogen and oxygen atoms in total. The molecule has 15 heavy (non-hydrogen) atoms. The molecule has 0 aliphatic carbocycles. The molecule has 2 unspecified atom stereocenters. The van der Waals surface area contributed by atoms with E-state index in [1.807, 2.05) is 13.8 Å². The van der Waals surface area contributed by atoms with E-state index in [4.69, 9.17) is 4.74 Å². The van der Waals surface area contributed by atoms with E-state index in [2.05, 4.69) is 5.32 Å². The summed E-state index contributed by atoms with van der Waals surface area (Å²) in [4.78, 5) is 11.7. The van der Waals surface area contributed by atoms with Crippen LogP contribution in [0.1, 0.15) is 33.6 Å². The van der Waals surface area contributed by atoms with Crippen LogP contribution in [-0.4, -0.2) is 35.9 Å². The molecule has 1 aliphatic rings. The largest absolute Gasteiger partial charge is 0.391 e. The van der Waals surface area contributed by atoms with Crippen LogP contribution in [0.3, 0.4) is 0 Å². The minimum absolute atomic E-state index is 0.111. The van der Waals surface area contributed by atoms with Gasteiger partial charge in [0.25, 0.3) is 5.91 Å². The fraction of sp³-hybridized carbons (Fsp3) is 0.909. The molecule has 88 valence electrons. The van der Waals surface area contributed by atoms with Crippen LogP contribution in [0, 0.1) is 5.92 Å². The Hall–Kier alpha value is -0.610. The number of ether oxygens (including phenoxy) is 1. The second-order valence-electron chi connectivity index (χ2n) is 4.70. The number of rotatable bonds is 4. The molecule has 0 radical (unpaired) electrons. The van der Waals surface area contributed by atoms with Crippen LogP contribution in [0.15, 0.2) is 0 Å². The van der Waals surface area contributed by atoms with Crippen molar-refractivity contribution in [3.05, 3.63) is 0 Å². The van der Waals surface area contributed by atoms with Gasteiger partial charge in [-0.1, -0.05) is 13.8 Å². The molecule has 0 saturated carbocycles. The zero-order valence-corrected chi connectivity index (χ0v) is 9.75. The van der Waals surface area contributed by atoms with Crippen molar-refractivity contribution >= 4 is 5.91 Å². The third-order valence-corrected chi connectivity index (χ3v) is 2.94. The lowest BCUT2D eigenvalue weighted by Crippen LogP contribution is -2.47. The summed E-state index contributed by atoms with van der Waals surface area (Å²) in [7, 11) is 0. The minimum Gasteiger partial charge on any atom is -0.391 e. The van der Waals surface area contributed by atoms with Gasteiger partial charge in [-0.2, -0.15) is 0 Å². The summed E-state index contributed by atoms with van der Waals surface area (Å²) in [5, 5.41) is 12.3. The number of hydrogen-bond donors (Lipinski definition) is 2. The highest BCUT2D eigenvalue weighted by atomic mass is 16.5. The number of hydrogen-bond acceptors (Lipinski definition) is 3. The average molecular weight is 215 g/mol. The molecule has 0 aromatic heterocycles. The smallest absolute Gasteiger partial charge is 0.252 e. The summed E-state index contributed by atoms with van der Waals surface area (Å²) in [6.07, 6.45) is 1.20. The quantitative estimate of drug-likeness (QED) is 0.725. The van der Waals surface area contributed by atoms with Crippen molar-refractivity contribution in [2.75, 3.05) is 13.2 Å². The Bertz CT molecular complexity index is 222. The maximum absolute atomic E-state index is 11.7. The molecule has 0 bridgehead atoms. The van der Waals surface area contributed by atoms with Crippen molar-refractivity contribution in [3.63, 3.8) is 0 Å². The van der Waals surface area contributed by atoms with Crippen LogP contribution < -0.4 is 5.32 Å².